The number of carbonyl (C=O) groups excluding carboxylic acids is 1. The molecule has 1 aromatic carbocycles. The molecular formula is C23H27N3O4S. The second-order valence-corrected chi connectivity index (χ2v) is 10.3. The lowest BCUT2D eigenvalue weighted by molar-refractivity contribution is 0.0937. The third kappa shape index (κ3) is 5.91. The van der Waals surface area contributed by atoms with Crippen LogP contribution < -0.4 is 10.1 Å². The maximum atomic E-state index is 13.1. The second kappa shape index (κ2) is 9.18. The summed E-state index contributed by atoms with van der Waals surface area (Å²) >= 11 is 0. The summed E-state index contributed by atoms with van der Waals surface area (Å²) in [6, 6.07) is 8.85. The maximum absolute atomic E-state index is 13.1. The van der Waals surface area contributed by atoms with E-state index < -0.39 is 9.84 Å². The molecule has 1 unspecified atom stereocenters. The highest BCUT2D eigenvalue weighted by atomic mass is 32.2. The molecule has 0 saturated heterocycles. The number of ether oxygens (including phenoxy) is 1. The Morgan fingerprint density at radius 1 is 1.16 bits per heavy atom. The molecule has 0 aliphatic heterocycles. The van der Waals surface area contributed by atoms with Gasteiger partial charge in [0.1, 0.15) is 17.1 Å². The van der Waals surface area contributed by atoms with Gasteiger partial charge in [0.15, 0.2) is 9.84 Å². The predicted octanol–water partition coefficient (Wildman–Crippen LogP) is 3.99. The quantitative estimate of drug-likeness (QED) is 0.665. The third-order valence-electron chi connectivity index (χ3n) is 5.66. The number of nitrogens with zero attached hydrogens (tertiary/aromatic N) is 2. The van der Waals surface area contributed by atoms with Gasteiger partial charge >= 0.3 is 0 Å². The number of benzene rings is 1. The number of hydrogen-bond acceptors (Lipinski definition) is 6. The highest BCUT2D eigenvalue weighted by Crippen LogP contribution is 2.35. The van der Waals surface area contributed by atoms with Gasteiger partial charge < -0.3 is 10.1 Å². The van der Waals surface area contributed by atoms with Crippen LogP contribution in [0.5, 0.6) is 11.6 Å². The van der Waals surface area contributed by atoms with Crippen LogP contribution in [0.25, 0.3) is 0 Å². The van der Waals surface area contributed by atoms with Gasteiger partial charge in [0, 0.05) is 23.8 Å². The molecule has 1 amide bonds. The molecule has 2 saturated carbocycles. The van der Waals surface area contributed by atoms with E-state index in [1.165, 1.54) is 6.20 Å². The highest BCUT2D eigenvalue weighted by molar-refractivity contribution is 7.93. The zero-order valence-electron chi connectivity index (χ0n) is 17.5. The van der Waals surface area contributed by atoms with Crippen molar-refractivity contribution in [3.63, 3.8) is 0 Å². The summed E-state index contributed by atoms with van der Waals surface area (Å²) in [6.07, 6.45) is 10.5. The van der Waals surface area contributed by atoms with Crippen molar-refractivity contribution in [2.45, 2.75) is 50.5 Å². The number of carbonyl (C=O) groups is 1. The number of rotatable bonds is 8. The van der Waals surface area contributed by atoms with Crippen LogP contribution in [0.4, 0.5) is 0 Å². The normalized spacial score (nSPS) is 18.2. The molecule has 7 nitrogen and oxygen atoms in total. The molecular weight excluding hydrogens is 414 g/mol. The first-order chi connectivity index (χ1) is 14.9. The average molecular weight is 442 g/mol. The van der Waals surface area contributed by atoms with Gasteiger partial charge in [-0.2, -0.15) is 4.98 Å². The van der Waals surface area contributed by atoms with Crippen LogP contribution in [0.15, 0.2) is 48.0 Å². The summed E-state index contributed by atoms with van der Waals surface area (Å²) < 4.78 is 29.0. The van der Waals surface area contributed by atoms with Crippen LogP contribution in [0.3, 0.4) is 0 Å². The fourth-order valence-corrected chi connectivity index (χ4v) is 4.28. The molecule has 1 aromatic heterocycles. The van der Waals surface area contributed by atoms with Crippen LogP contribution in [-0.2, 0) is 9.84 Å². The van der Waals surface area contributed by atoms with Crippen molar-refractivity contribution in [2.75, 3.05) is 6.26 Å². The molecule has 4 rings (SSSR count). The van der Waals surface area contributed by atoms with E-state index in [-0.39, 0.29) is 35.2 Å². The van der Waals surface area contributed by atoms with Crippen LogP contribution in [0.2, 0.25) is 0 Å². The lowest BCUT2D eigenvalue weighted by Gasteiger charge is -2.17. The van der Waals surface area contributed by atoms with E-state index >= 15 is 0 Å². The van der Waals surface area contributed by atoms with Crippen LogP contribution in [0, 0.1) is 5.92 Å². The summed E-state index contributed by atoms with van der Waals surface area (Å²) in [7, 11) is -3.27. The maximum Gasteiger partial charge on any atom is 0.258 e. The molecule has 8 heteroatoms. The first-order valence-corrected chi connectivity index (χ1v) is 12.6. The van der Waals surface area contributed by atoms with Crippen LogP contribution in [0.1, 0.15) is 60.6 Å². The summed E-state index contributed by atoms with van der Waals surface area (Å²) in [5.41, 5.74) is 0.240. The van der Waals surface area contributed by atoms with E-state index in [9.17, 15) is 13.2 Å². The Kier molecular flexibility index (Phi) is 6.36. The number of sulfone groups is 1. The molecule has 0 bridgehead atoms. The van der Waals surface area contributed by atoms with Gasteiger partial charge in [0.2, 0.25) is 5.88 Å². The summed E-state index contributed by atoms with van der Waals surface area (Å²) in [4.78, 5) is 22.2. The standard InChI is InChI=1S/C23H27N3O4S/c1-31(28,29)14-13-20(16-11-12-16)25-22(27)19-15-24-21(17-7-5-6-8-17)26-23(19)30-18-9-3-2-4-10-18/h2-4,9-10,13-17,20H,5-8,11-12H2,1H3,(H,25,27)/b14-13+. The molecule has 1 heterocycles. The van der Waals surface area contributed by atoms with Crippen LogP contribution >= 0.6 is 0 Å². The number of hydrogen-bond donors (Lipinski definition) is 1. The SMILES string of the molecule is CS(=O)(=O)/C=C/C(NC(=O)c1cnc(C2CCCC2)nc1Oc1ccccc1)C1CC1. The topological polar surface area (TPSA) is 98.2 Å². The molecule has 0 spiro atoms. The van der Waals surface area contributed by atoms with Crippen molar-refractivity contribution in [3.05, 3.63) is 59.4 Å². The van der Waals surface area contributed by atoms with Gasteiger partial charge in [-0.15, -0.1) is 0 Å². The molecule has 2 aromatic rings. The van der Waals surface area contributed by atoms with Gasteiger partial charge in [-0.05, 0) is 43.7 Å². The Hall–Kier alpha value is -2.74. The molecule has 164 valence electrons. The minimum absolute atomic E-state index is 0.224. The third-order valence-corrected chi connectivity index (χ3v) is 6.31. The first kappa shape index (κ1) is 21.5. The van der Waals surface area contributed by atoms with E-state index in [4.69, 9.17) is 4.74 Å². The fraction of sp³-hybridized carbons (Fsp3) is 0.435. The average Bonchev–Trinajstić information content (AvgIpc) is 3.44. The van der Waals surface area contributed by atoms with Gasteiger partial charge in [0.05, 0.1) is 6.04 Å². The zero-order chi connectivity index (χ0) is 21.8. The summed E-state index contributed by atoms with van der Waals surface area (Å²) in [5, 5.41) is 4.08. The first-order valence-electron chi connectivity index (χ1n) is 10.7. The van der Waals surface area contributed by atoms with Crippen molar-refractivity contribution in [3.8, 4) is 11.6 Å². The molecule has 1 atom stereocenters. The largest absolute Gasteiger partial charge is 0.438 e. The Morgan fingerprint density at radius 2 is 1.87 bits per heavy atom. The predicted molar refractivity (Wildman–Crippen MR) is 118 cm³/mol. The number of amides is 1. The second-order valence-electron chi connectivity index (χ2n) is 8.34. The number of nitrogens with one attached hydrogen (secondary N) is 1. The molecule has 2 fully saturated rings. The van der Waals surface area contributed by atoms with Crippen molar-refractivity contribution in [2.24, 2.45) is 5.92 Å². The van der Waals surface area contributed by atoms with Crippen molar-refractivity contribution >= 4 is 15.7 Å². The lowest BCUT2D eigenvalue weighted by atomic mass is 10.1. The number of para-hydroxylation sites is 1. The minimum atomic E-state index is -3.27. The van der Waals surface area contributed by atoms with Crippen molar-refractivity contribution in [1.29, 1.82) is 0 Å². The Labute approximate surface area is 182 Å². The summed E-state index contributed by atoms with van der Waals surface area (Å²) in [5.74, 6) is 1.66. The fourth-order valence-electron chi connectivity index (χ4n) is 3.83. The summed E-state index contributed by atoms with van der Waals surface area (Å²) in [6.45, 7) is 0. The molecule has 2 aliphatic carbocycles. The molecule has 1 N–H and O–H groups in total. The van der Waals surface area contributed by atoms with Crippen LogP contribution in [-0.4, -0.2) is 36.6 Å². The Bertz CT molecular complexity index is 1060. The van der Waals surface area contributed by atoms with Crippen molar-refractivity contribution < 1.29 is 17.9 Å². The lowest BCUT2D eigenvalue weighted by Crippen LogP contribution is -2.35. The zero-order valence-corrected chi connectivity index (χ0v) is 18.3. The highest BCUT2D eigenvalue weighted by Gasteiger charge is 2.32. The monoisotopic (exact) mass is 441 g/mol. The minimum Gasteiger partial charge on any atom is -0.438 e. The van der Waals surface area contributed by atoms with E-state index in [0.29, 0.717) is 11.6 Å². The van der Waals surface area contributed by atoms with Gasteiger partial charge in [0.25, 0.3) is 5.91 Å². The molecule has 2 aliphatic rings. The Morgan fingerprint density at radius 3 is 2.52 bits per heavy atom. The smallest absolute Gasteiger partial charge is 0.258 e. The van der Waals surface area contributed by atoms with E-state index in [0.717, 1.165) is 50.2 Å². The van der Waals surface area contributed by atoms with Gasteiger partial charge in [-0.3, -0.25) is 4.79 Å². The van der Waals surface area contributed by atoms with Gasteiger partial charge in [-0.25, -0.2) is 13.4 Å². The van der Waals surface area contributed by atoms with Gasteiger partial charge in [-0.1, -0.05) is 37.1 Å². The molecule has 0 radical (unpaired) electrons. The van der Waals surface area contributed by atoms with E-state index in [1.807, 2.05) is 18.2 Å². The van der Waals surface area contributed by atoms with E-state index in [1.54, 1.807) is 18.2 Å². The Balaban J connectivity index is 1.60. The number of aromatic nitrogens is 2. The molecule has 31 heavy (non-hydrogen) atoms. The van der Waals surface area contributed by atoms with E-state index in [2.05, 4.69) is 15.3 Å². The van der Waals surface area contributed by atoms with Crippen molar-refractivity contribution in [1.82, 2.24) is 15.3 Å².